The fourth-order valence-corrected chi connectivity index (χ4v) is 0.931. The largest absolute Gasteiger partial charge is 0.325 e. The summed E-state index contributed by atoms with van der Waals surface area (Å²) in [5, 5.41) is 0. The third-order valence-corrected chi connectivity index (χ3v) is 2.13. The van der Waals surface area contributed by atoms with Crippen molar-refractivity contribution in [1.82, 2.24) is 4.98 Å². The predicted octanol–water partition coefficient (Wildman–Crippen LogP) is 2.45. The standard InChI is InChI=1S/C7H9BrN2.2ClH/c1-5-7(8)3-2-6(4-9)10-5;;/h2-3H,4,9H2,1H3;2*1H. The lowest BCUT2D eigenvalue weighted by atomic mass is 10.3. The normalized spacial score (nSPS) is 8.25. The van der Waals surface area contributed by atoms with Crippen molar-refractivity contribution in [2.45, 2.75) is 13.5 Å². The summed E-state index contributed by atoms with van der Waals surface area (Å²) in [5.41, 5.74) is 7.31. The molecule has 12 heavy (non-hydrogen) atoms. The summed E-state index contributed by atoms with van der Waals surface area (Å²) in [6, 6.07) is 3.88. The quantitative estimate of drug-likeness (QED) is 0.854. The Kier molecular flexibility index (Phi) is 8.15. The highest BCUT2D eigenvalue weighted by Crippen LogP contribution is 2.12. The summed E-state index contributed by atoms with van der Waals surface area (Å²) in [4.78, 5) is 4.22. The van der Waals surface area contributed by atoms with Crippen LogP contribution in [0.25, 0.3) is 0 Å². The van der Waals surface area contributed by atoms with Gasteiger partial charge >= 0.3 is 0 Å². The van der Waals surface area contributed by atoms with Gasteiger partial charge in [0.25, 0.3) is 0 Å². The summed E-state index contributed by atoms with van der Waals surface area (Å²) >= 11 is 3.36. The van der Waals surface area contributed by atoms with Crippen molar-refractivity contribution in [3.63, 3.8) is 0 Å². The smallest absolute Gasteiger partial charge is 0.0543 e. The summed E-state index contributed by atoms with van der Waals surface area (Å²) in [6.07, 6.45) is 0. The number of hydrogen-bond acceptors (Lipinski definition) is 2. The molecule has 0 fully saturated rings. The fourth-order valence-electron chi connectivity index (χ4n) is 0.710. The molecule has 0 saturated carbocycles. The van der Waals surface area contributed by atoms with Gasteiger partial charge in [-0.25, -0.2) is 0 Å². The van der Waals surface area contributed by atoms with Crippen LogP contribution in [0.5, 0.6) is 0 Å². The van der Waals surface area contributed by atoms with Crippen molar-refractivity contribution in [3.05, 3.63) is 28.0 Å². The van der Waals surface area contributed by atoms with Gasteiger partial charge in [0.15, 0.2) is 0 Å². The Bertz CT molecular complexity index is 243. The van der Waals surface area contributed by atoms with Crippen LogP contribution >= 0.6 is 40.7 Å². The lowest BCUT2D eigenvalue weighted by Gasteiger charge is -1.98. The van der Waals surface area contributed by atoms with Gasteiger partial charge in [-0.15, -0.1) is 24.8 Å². The molecule has 1 heterocycles. The van der Waals surface area contributed by atoms with Crippen LogP contribution in [0.3, 0.4) is 0 Å². The lowest BCUT2D eigenvalue weighted by Crippen LogP contribution is -2.00. The molecule has 2 N–H and O–H groups in total. The highest BCUT2D eigenvalue weighted by molar-refractivity contribution is 9.10. The van der Waals surface area contributed by atoms with E-state index in [0.717, 1.165) is 15.9 Å². The van der Waals surface area contributed by atoms with Crippen LogP contribution in [-0.4, -0.2) is 4.98 Å². The number of rotatable bonds is 1. The molecule has 0 aliphatic heterocycles. The maximum absolute atomic E-state index is 5.39. The van der Waals surface area contributed by atoms with Gasteiger partial charge in [0.05, 0.1) is 11.4 Å². The van der Waals surface area contributed by atoms with E-state index in [1.165, 1.54) is 0 Å². The van der Waals surface area contributed by atoms with E-state index in [2.05, 4.69) is 20.9 Å². The molecule has 1 rings (SSSR count). The molecule has 0 bridgehead atoms. The molecule has 0 unspecified atom stereocenters. The van der Waals surface area contributed by atoms with Gasteiger partial charge in [-0.05, 0) is 35.0 Å². The predicted molar refractivity (Wildman–Crippen MR) is 59.1 cm³/mol. The third kappa shape index (κ3) is 3.72. The number of hydrogen-bond donors (Lipinski definition) is 1. The van der Waals surface area contributed by atoms with E-state index >= 15 is 0 Å². The maximum Gasteiger partial charge on any atom is 0.0543 e. The second-order valence-corrected chi connectivity index (χ2v) is 2.93. The third-order valence-electron chi connectivity index (χ3n) is 1.29. The van der Waals surface area contributed by atoms with Gasteiger partial charge in [0.1, 0.15) is 0 Å². The van der Waals surface area contributed by atoms with Crippen molar-refractivity contribution in [3.8, 4) is 0 Å². The van der Waals surface area contributed by atoms with Crippen LogP contribution in [0.15, 0.2) is 16.6 Å². The van der Waals surface area contributed by atoms with Gasteiger partial charge in [0.2, 0.25) is 0 Å². The zero-order valence-corrected chi connectivity index (χ0v) is 9.80. The Morgan fingerprint density at radius 3 is 2.42 bits per heavy atom. The monoisotopic (exact) mass is 272 g/mol. The summed E-state index contributed by atoms with van der Waals surface area (Å²) in [7, 11) is 0. The average molecular weight is 274 g/mol. The fraction of sp³-hybridized carbons (Fsp3) is 0.286. The first kappa shape index (κ1) is 14.7. The van der Waals surface area contributed by atoms with E-state index in [9.17, 15) is 0 Å². The topological polar surface area (TPSA) is 38.9 Å². The molecular formula is C7H11BrCl2N2. The van der Waals surface area contributed by atoms with Crippen LogP contribution in [0.1, 0.15) is 11.4 Å². The molecule has 5 heteroatoms. The first-order valence-corrected chi connectivity index (χ1v) is 3.85. The first-order valence-electron chi connectivity index (χ1n) is 3.06. The van der Waals surface area contributed by atoms with E-state index < -0.39 is 0 Å². The molecule has 0 saturated heterocycles. The van der Waals surface area contributed by atoms with Gasteiger partial charge in [-0.2, -0.15) is 0 Å². The molecule has 0 aliphatic carbocycles. The summed E-state index contributed by atoms with van der Waals surface area (Å²) in [6.45, 7) is 2.46. The molecule has 0 radical (unpaired) electrons. The Labute approximate surface area is 92.9 Å². The van der Waals surface area contributed by atoms with E-state index in [1.54, 1.807) is 0 Å². The zero-order chi connectivity index (χ0) is 7.56. The minimum Gasteiger partial charge on any atom is -0.325 e. The number of nitrogens with two attached hydrogens (primary N) is 1. The molecular weight excluding hydrogens is 263 g/mol. The minimum atomic E-state index is 0. The number of halogens is 3. The molecule has 1 aromatic heterocycles. The van der Waals surface area contributed by atoms with Crippen LogP contribution in [-0.2, 0) is 6.54 Å². The summed E-state index contributed by atoms with van der Waals surface area (Å²) < 4.78 is 1.03. The van der Waals surface area contributed by atoms with Crippen molar-refractivity contribution >= 4 is 40.7 Å². The van der Waals surface area contributed by atoms with Crippen LogP contribution < -0.4 is 5.73 Å². The van der Waals surface area contributed by atoms with Crippen molar-refractivity contribution < 1.29 is 0 Å². The molecule has 0 aromatic carbocycles. The Morgan fingerprint density at radius 1 is 1.42 bits per heavy atom. The molecule has 0 atom stereocenters. The van der Waals surface area contributed by atoms with Crippen molar-refractivity contribution in [2.75, 3.05) is 0 Å². The van der Waals surface area contributed by atoms with E-state index in [-0.39, 0.29) is 24.8 Å². The van der Waals surface area contributed by atoms with Gasteiger partial charge < -0.3 is 5.73 Å². The second-order valence-electron chi connectivity index (χ2n) is 2.07. The van der Waals surface area contributed by atoms with Gasteiger partial charge in [0, 0.05) is 11.0 Å². The Balaban J connectivity index is 0. The SMILES string of the molecule is Cc1nc(CN)ccc1Br.Cl.Cl. The average Bonchev–Trinajstić information content (AvgIpc) is 1.95. The highest BCUT2D eigenvalue weighted by Gasteiger charge is 1.95. The van der Waals surface area contributed by atoms with Gasteiger partial charge in [-0.1, -0.05) is 0 Å². The number of aryl methyl sites for hydroxylation is 1. The Hall–Kier alpha value is 0.170. The summed E-state index contributed by atoms with van der Waals surface area (Å²) in [5.74, 6) is 0. The maximum atomic E-state index is 5.39. The molecule has 1 aromatic rings. The highest BCUT2D eigenvalue weighted by atomic mass is 79.9. The second kappa shape index (κ2) is 6.66. The van der Waals surface area contributed by atoms with E-state index in [1.807, 2.05) is 19.1 Å². The Morgan fingerprint density at radius 2 is 2.00 bits per heavy atom. The molecule has 0 amide bonds. The number of pyridine rings is 1. The van der Waals surface area contributed by atoms with E-state index in [4.69, 9.17) is 5.73 Å². The molecule has 0 aliphatic rings. The van der Waals surface area contributed by atoms with E-state index in [0.29, 0.717) is 6.54 Å². The zero-order valence-electron chi connectivity index (χ0n) is 6.58. The van der Waals surface area contributed by atoms with Crippen molar-refractivity contribution in [1.29, 1.82) is 0 Å². The van der Waals surface area contributed by atoms with Crippen LogP contribution in [0, 0.1) is 6.92 Å². The minimum absolute atomic E-state index is 0. The van der Waals surface area contributed by atoms with Crippen LogP contribution in [0.4, 0.5) is 0 Å². The van der Waals surface area contributed by atoms with Gasteiger partial charge in [-0.3, -0.25) is 4.98 Å². The molecule has 2 nitrogen and oxygen atoms in total. The number of nitrogens with zero attached hydrogens (tertiary/aromatic N) is 1. The molecule has 70 valence electrons. The first-order chi connectivity index (χ1) is 4.74. The van der Waals surface area contributed by atoms with Crippen molar-refractivity contribution in [2.24, 2.45) is 5.73 Å². The number of aromatic nitrogens is 1. The van der Waals surface area contributed by atoms with Crippen LogP contribution in [0.2, 0.25) is 0 Å². The molecule has 0 spiro atoms. The lowest BCUT2D eigenvalue weighted by molar-refractivity contribution is 0.964.